The number of carbonyl (C=O) groups is 1. The van der Waals surface area contributed by atoms with Gasteiger partial charge in [0.2, 0.25) is 0 Å². The van der Waals surface area contributed by atoms with Gasteiger partial charge in [-0.3, -0.25) is 4.79 Å². The summed E-state index contributed by atoms with van der Waals surface area (Å²) in [7, 11) is 0. The first-order chi connectivity index (χ1) is 9.22. The summed E-state index contributed by atoms with van der Waals surface area (Å²) < 4.78 is 5.05. The Hall–Kier alpha value is -1.06. The van der Waals surface area contributed by atoms with Crippen molar-refractivity contribution in [2.75, 3.05) is 19.7 Å². The van der Waals surface area contributed by atoms with Gasteiger partial charge in [0.25, 0.3) is 5.91 Å². The summed E-state index contributed by atoms with van der Waals surface area (Å²) in [6, 6.07) is 8.08. The Labute approximate surface area is 118 Å². The van der Waals surface area contributed by atoms with E-state index in [2.05, 4.69) is 12.1 Å². The number of ether oxygens (including phenoxy) is 1. The van der Waals surface area contributed by atoms with Crippen LogP contribution in [0.25, 0.3) is 0 Å². The summed E-state index contributed by atoms with van der Waals surface area (Å²) in [5.74, 6) is 0.857. The Morgan fingerprint density at radius 2 is 1.89 bits per heavy atom. The van der Waals surface area contributed by atoms with Crippen molar-refractivity contribution in [1.82, 2.24) is 4.90 Å². The van der Waals surface area contributed by atoms with Gasteiger partial charge in [0, 0.05) is 18.1 Å². The molecule has 0 aliphatic carbocycles. The number of rotatable bonds is 3. The molecule has 1 aromatic rings. The molecule has 2 saturated heterocycles. The van der Waals surface area contributed by atoms with Crippen molar-refractivity contribution in [3.63, 3.8) is 0 Å². The zero-order valence-corrected chi connectivity index (χ0v) is 11.6. The van der Waals surface area contributed by atoms with Gasteiger partial charge in [-0.1, -0.05) is 23.7 Å². The molecule has 3 nitrogen and oxygen atoms in total. The molecule has 1 atom stereocenters. The first-order valence-corrected chi connectivity index (χ1v) is 7.25. The maximum atomic E-state index is 11.8. The third-order valence-electron chi connectivity index (χ3n) is 3.97. The molecule has 0 saturated carbocycles. The molecule has 0 spiro atoms. The Morgan fingerprint density at radius 1 is 1.26 bits per heavy atom. The highest BCUT2D eigenvalue weighted by Gasteiger charge is 2.36. The van der Waals surface area contributed by atoms with Crippen LogP contribution in [0.5, 0.6) is 0 Å². The van der Waals surface area contributed by atoms with Crippen LogP contribution in [-0.2, 0) is 16.0 Å². The summed E-state index contributed by atoms with van der Waals surface area (Å²) in [5.41, 5.74) is 1.33. The molecule has 0 radical (unpaired) electrons. The van der Waals surface area contributed by atoms with E-state index in [1.807, 2.05) is 17.0 Å². The minimum absolute atomic E-state index is 0.132. The standard InChI is InChI=1S/C15H18ClNO2/c16-13-3-1-11(2-4-13)9-12-5-7-17(8-6-12)15(18)14-10-19-14/h1-4,12,14H,5-10H2. The first-order valence-electron chi connectivity index (χ1n) is 6.87. The number of likely N-dealkylation sites (tertiary alicyclic amines) is 1. The van der Waals surface area contributed by atoms with Crippen molar-refractivity contribution in [3.05, 3.63) is 34.9 Å². The van der Waals surface area contributed by atoms with Crippen LogP contribution in [0.3, 0.4) is 0 Å². The predicted octanol–water partition coefficient (Wildman–Crippen LogP) is 2.52. The molecule has 2 fully saturated rings. The van der Waals surface area contributed by atoms with Crippen molar-refractivity contribution in [2.45, 2.75) is 25.4 Å². The van der Waals surface area contributed by atoms with Crippen LogP contribution in [0.4, 0.5) is 0 Å². The lowest BCUT2D eigenvalue weighted by molar-refractivity contribution is -0.133. The van der Waals surface area contributed by atoms with Gasteiger partial charge >= 0.3 is 0 Å². The second-order valence-electron chi connectivity index (χ2n) is 5.42. The van der Waals surface area contributed by atoms with Crippen LogP contribution in [0, 0.1) is 5.92 Å². The van der Waals surface area contributed by atoms with Gasteiger partial charge in [-0.05, 0) is 42.9 Å². The highest BCUT2D eigenvalue weighted by atomic mass is 35.5. The van der Waals surface area contributed by atoms with Gasteiger partial charge in [0.05, 0.1) is 6.61 Å². The Kier molecular flexibility index (Phi) is 3.76. The molecule has 3 rings (SSSR count). The SMILES string of the molecule is O=C(C1CO1)N1CCC(Cc2ccc(Cl)cc2)CC1. The Morgan fingerprint density at radius 3 is 2.47 bits per heavy atom. The molecule has 102 valence electrons. The van der Waals surface area contributed by atoms with E-state index < -0.39 is 0 Å². The zero-order chi connectivity index (χ0) is 13.2. The van der Waals surface area contributed by atoms with Gasteiger partial charge in [0.15, 0.2) is 6.10 Å². The fraction of sp³-hybridized carbons (Fsp3) is 0.533. The van der Waals surface area contributed by atoms with E-state index >= 15 is 0 Å². The lowest BCUT2D eigenvalue weighted by atomic mass is 9.90. The van der Waals surface area contributed by atoms with Gasteiger partial charge in [-0.15, -0.1) is 0 Å². The number of nitrogens with zero attached hydrogens (tertiary/aromatic N) is 1. The van der Waals surface area contributed by atoms with E-state index in [1.54, 1.807) is 0 Å². The third kappa shape index (κ3) is 3.28. The Bertz CT molecular complexity index is 448. The van der Waals surface area contributed by atoms with E-state index in [4.69, 9.17) is 16.3 Å². The number of hydrogen-bond acceptors (Lipinski definition) is 2. The Balaban J connectivity index is 1.49. The van der Waals surface area contributed by atoms with Crippen LogP contribution in [0.15, 0.2) is 24.3 Å². The molecule has 2 aliphatic heterocycles. The van der Waals surface area contributed by atoms with Crippen molar-refractivity contribution < 1.29 is 9.53 Å². The number of carbonyl (C=O) groups excluding carboxylic acids is 1. The average Bonchev–Trinajstić information content (AvgIpc) is 3.26. The van der Waals surface area contributed by atoms with Crippen molar-refractivity contribution >= 4 is 17.5 Å². The molecule has 1 aromatic carbocycles. The normalized spacial score (nSPS) is 23.4. The van der Waals surface area contributed by atoms with Gasteiger partial charge in [-0.25, -0.2) is 0 Å². The lowest BCUT2D eigenvalue weighted by Gasteiger charge is -2.31. The highest BCUT2D eigenvalue weighted by Crippen LogP contribution is 2.24. The van der Waals surface area contributed by atoms with Crippen molar-refractivity contribution in [3.8, 4) is 0 Å². The number of hydrogen-bond donors (Lipinski definition) is 0. The van der Waals surface area contributed by atoms with Gasteiger partial charge in [0.1, 0.15) is 0 Å². The highest BCUT2D eigenvalue weighted by molar-refractivity contribution is 6.30. The van der Waals surface area contributed by atoms with E-state index in [0.29, 0.717) is 12.5 Å². The van der Waals surface area contributed by atoms with Crippen LogP contribution in [0.1, 0.15) is 18.4 Å². The van der Waals surface area contributed by atoms with Crippen LogP contribution < -0.4 is 0 Å². The summed E-state index contributed by atoms with van der Waals surface area (Å²) in [6.07, 6.45) is 3.12. The molecule has 0 aromatic heterocycles. The molecule has 1 amide bonds. The average molecular weight is 280 g/mol. The fourth-order valence-electron chi connectivity index (χ4n) is 2.71. The topological polar surface area (TPSA) is 32.8 Å². The minimum Gasteiger partial charge on any atom is -0.363 e. The predicted molar refractivity (Wildman–Crippen MR) is 74.2 cm³/mol. The number of amides is 1. The van der Waals surface area contributed by atoms with E-state index in [0.717, 1.165) is 37.4 Å². The van der Waals surface area contributed by atoms with Crippen LogP contribution >= 0.6 is 11.6 Å². The maximum absolute atomic E-state index is 11.8. The smallest absolute Gasteiger partial charge is 0.254 e. The van der Waals surface area contributed by atoms with Crippen molar-refractivity contribution in [2.24, 2.45) is 5.92 Å². The van der Waals surface area contributed by atoms with E-state index in [1.165, 1.54) is 5.56 Å². The van der Waals surface area contributed by atoms with E-state index in [9.17, 15) is 4.79 Å². The quantitative estimate of drug-likeness (QED) is 0.797. The number of epoxide rings is 1. The number of benzene rings is 1. The van der Waals surface area contributed by atoms with Gasteiger partial charge in [-0.2, -0.15) is 0 Å². The molecule has 19 heavy (non-hydrogen) atoms. The molecule has 1 unspecified atom stereocenters. The van der Waals surface area contributed by atoms with Crippen LogP contribution in [0.2, 0.25) is 5.02 Å². The fourth-order valence-corrected chi connectivity index (χ4v) is 2.83. The summed E-state index contributed by atoms with van der Waals surface area (Å²) >= 11 is 5.89. The molecular formula is C15H18ClNO2. The van der Waals surface area contributed by atoms with E-state index in [-0.39, 0.29) is 12.0 Å². The minimum atomic E-state index is -0.132. The molecule has 4 heteroatoms. The zero-order valence-electron chi connectivity index (χ0n) is 10.8. The number of halogens is 1. The monoisotopic (exact) mass is 279 g/mol. The molecule has 0 N–H and O–H groups in total. The lowest BCUT2D eigenvalue weighted by Crippen LogP contribution is -2.41. The summed E-state index contributed by atoms with van der Waals surface area (Å²) in [4.78, 5) is 13.8. The van der Waals surface area contributed by atoms with Gasteiger partial charge < -0.3 is 9.64 Å². The molecule has 2 heterocycles. The molecule has 2 aliphatic rings. The first kappa shape index (κ1) is 12.9. The molecule has 0 bridgehead atoms. The summed E-state index contributed by atoms with van der Waals surface area (Å²) in [6.45, 7) is 2.36. The molecular weight excluding hydrogens is 262 g/mol. The summed E-state index contributed by atoms with van der Waals surface area (Å²) in [5, 5.41) is 0.786. The number of piperidine rings is 1. The largest absolute Gasteiger partial charge is 0.363 e. The maximum Gasteiger partial charge on any atom is 0.254 e. The van der Waals surface area contributed by atoms with Crippen LogP contribution in [-0.4, -0.2) is 36.6 Å². The second-order valence-corrected chi connectivity index (χ2v) is 5.86. The third-order valence-corrected chi connectivity index (χ3v) is 4.22. The second kappa shape index (κ2) is 5.51. The van der Waals surface area contributed by atoms with Crippen molar-refractivity contribution in [1.29, 1.82) is 0 Å².